The number of nitriles is 1. The topological polar surface area (TPSA) is 49.8 Å². The first-order chi connectivity index (χ1) is 5.65. The molecule has 1 rings (SSSR count). The molecular formula is C8H5FN2S. The Morgan fingerprint density at radius 2 is 2.25 bits per heavy atom. The van der Waals surface area contributed by atoms with Crippen LogP contribution >= 0.6 is 12.2 Å². The largest absolute Gasteiger partial charge is 0.389 e. The second-order valence-electron chi connectivity index (χ2n) is 2.17. The quantitative estimate of drug-likeness (QED) is 0.663. The Hall–Kier alpha value is -1.47. The van der Waals surface area contributed by atoms with Crippen molar-refractivity contribution in [2.24, 2.45) is 5.73 Å². The molecule has 12 heavy (non-hydrogen) atoms. The van der Waals surface area contributed by atoms with Gasteiger partial charge in [-0.2, -0.15) is 5.26 Å². The monoisotopic (exact) mass is 180 g/mol. The summed E-state index contributed by atoms with van der Waals surface area (Å²) < 4.78 is 12.7. The van der Waals surface area contributed by atoms with Gasteiger partial charge >= 0.3 is 0 Å². The first kappa shape index (κ1) is 8.62. The number of thiocarbonyl (C=S) groups is 1. The van der Waals surface area contributed by atoms with Crippen molar-refractivity contribution in [3.63, 3.8) is 0 Å². The molecule has 0 fully saturated rings. The highest BCUT2D eigenvalue weighted by molar-refractivity contribution is 7.80. The van der Waals surface area contributed by atoms with Gasteiger partial charge in [0.15, 0.2) is 0 Å². The van der Waals surface area contributed by atoms with Crippen molar-refractivity contribution in [2.75, 3.05) is 0 Å². The van der Waals surface area contributed by atoms with E-state index >= 15 is 0 Å². The Labute approximate surface area is 74.4 Å². The molecule has 0 saturated heterocycles. The Bertz CT molecular complexity index is 368. The molecule has 0 aliphatic rings. The molecule has 0 aliphatic heterocycles. The third-order valence-electron chi connectivity index (χ3n) is 1.37. The van der Waals surface area contributed by atoms with E-state index in [1.165, 1.54) is 18.2 Å². The van der Waals surface area contributed by atoms with Crippen LogP contribution in [0.5, 0.6) is 0 Å². The van der Waals surface area contributed by atoms with Crippen molar-refractivity contribution >= 4 is 17.2 Å². The van der Waals surface area contributed by atoms with Gasteiger partial charge in [-0.15, -0.1) is 0 Å². The van der Waals surface area contributed by atoms with Gasteiger partial charge in [0, 0.05) is 5.56 Å². The van der Waals surface area contributed by atoms with Crippen LogP contribution in [0.25, 0.3) is 0 Å². The predicted octanol–water partition coefficient (Wildman–Crippen LogP) is 1.33. The fourth-order valence-corrected chi connectivity index (χ4v) is 0.891. The van der Waals surface area contributed by atoms with E-state index in [0.29, 0.717) is 5.56 Å². The van der Waals surface area contributed by atoms with Gasteiger partial charge in [0.1, 0.15) is 16.9 Å². The van der Waals surface area contributed by atoms with Gasteiger partial charge in [-0.25, -0.2) is 4.39 Å². The fourth-order valence-electron chi connectivity index (χ4n) is 0.764. The Morgan fingerprint density at radius 1 is 1.58 bits per heavy atom. The maximum absolute atomic E-state index is 12.7. The van der Waals surface area contributed by atoms with Gasteiger partial charge in [-0.3, -0.25) is 0 Å². The summed E-state index contributed by atoms with van der Waals surface area (Å²) in [6.07, 6.45) is 0. The molecule has 1 aromatic rings. The average Bonchev–Trinajstić information content (AvgIpc) is 2.05. The van der Waals surface area contributed by atoms with Gasteiger partial charge < -0.3 is 5.73 Å². The number of benzene rings is 1. The highest BCUT2D eigenvalue weighted by atomic mass is 32.1. The van der Waals surface area contributed by atoms with Gasteiger partial charge in [0.2, 0.25) is 0 Å². The summed E-state index contributed by atoms with van der Waals surface area (Å²) in [4.78, 5) is 0.159. The number of nitrogens with two attached hydrogens (primary N) is 1. The normalized spacial score (nSPS) is 9.00. The summed E-state index contributed by atoms with van der Waals surface area (Å²) >= 11 is 4.66. The van der Waals surface area contributed by atoms with Crippen LogP contribution in [-0.4, -0.2) is 4.99 Å². The van der Waals surface area contributed by atoms with E-state index in [4.69, 9.17) is 11.0 Å². The van der Waals surface area contributed by atoms with Gasteiger partial charge in [0.05, 0.1) is 5.56 Å². The molecule has 0 amide bonds. The zero-order valence-electron chi connectivity index (χ0n) is 6.04. The molecule has 2 N–H and O–H groups in total. The molecule has 60 valence electrons. The Morgan fingerprint density at radius 3 is 2.75 bits per heavy atom. The molecule has 0 heterocycles. The van der Waals surface area contributed by atoms with Crippen molar-refractivity contribution in [2.45, 2.75) is 0 Å². The van der Waals surface area contributed by atoms with Crippen LogP contribution in [0.15, 0.2) is 18.2 Å². The molecule has 1 aromatic carbocycles. The van der Waals surface area contributed by atoms with E-state index in [-0.39, 0.29) is 10.6 Å². The van der Waals surface area contributed by atoms with Crippen molar-refractivity contribution in [1.29, 1.82) is 5.26 Å². The molecule has 0 bridgehead atoms. The van der Waals surface area contributed by atoms with Crippen LogP contribution in [0, 0.1) is 17.1 Å². The van der Waals surface area contributed by atoms with Crippen molar-refractivity contribution in [3.8, 4) is 6.07 Å². The fraction of sp³-hybridized carbons (Fsp3) is 0. The van der Waals surface area contributed by atoms with Crippen molar-refractivity contribution in [3.05, 3.63) is 35.1 Å². The smallest absolute Gasteiger partial charge is 0.140 e. The third kappa shape index (κ3) is 1.57. The van der Waals surface area contributed by atoms with E-state index in [9.17, 15) is 4.39 Å². The molecular weight excluding hydrogens is 175 g/mol. The number of hydrogen-bond acceptors (Lipinski definition) is 2. The van der Waals surface area contributed by atoms with Crippen LogP contribution in [0.1, 0.15) is 11.1 Å². The summed E-state index contributed by atoms with van der Waals surface area (Å²) in [5.74, 6) is -0.558. The second-order valence-corrected chi connectivity index (χ2v) is 2.61. The van der Waals surface area contributed by atoms with Crippen LogP contribution < -0.4 is 5.73 Å². The molecule has 0 atom stereocenters. The standard InChI is InChI=1S/C8H5FN2S/c9-7-2-1-5(8(11)12)3-6(7)4-10/h1-3H,(H2,11,12). The lowest BCUT2D eigenvalue weighted by atomic mass is 10.1. The molecule has 0 aromatic heterocycles. The predicted molar refractivity (Wildman–Crippen MR) is 47.0 cm³/mol. The second kappa shape index (κ2) is 3.28. The summed E-state index contributed by atoms with van der Waals surface area (Å²) in [6.45, 7) is 0. The number of hydrogen-bond donors (Lipinski definition) is 1. The molecule has 0 radical (unpaired) electrons. The first-order valence-corrected chi connectivity index (χ1v) is 3.55. The summed E-state index contributed by atoms with van der Waals surface area (Å²) in [5, 5.41) is 8.45. The number of halogens is 1. The lowest BCUT2D eigenvalue weighted by Gasteiger charge is -1.98. The van der Waals surface area contributed by atoms with Gasteiger partial charge in [-0.1, -0.05) is 12.2 Å². The maximum atomic E-state index is 12.7. The Balaban J connectivity index is 3.25. The van der Waals surface area contributed by atoms with Crippen LogP contribution in [0.3, 0.4) is 0 Å². The molecule has 2 nitrogen and oxygen atoms in total. The molecule has 0 saturated carbocycles. The van der Waals surface area contributed by atoms with Crippen molar-refractivity contribution in [1.82, 2.24) is 0 Å². The van der Waals surface area contributed by atoms with Gasteiger partial charge in [0.25, 0.3) is 0 Å². The number of rotatable bonds is 1. The molecule has 0 spiro atoms. The lowest BCUT2D eigenvalue weighted by Crippen LogP contribution is -2.09. The Kier molecular flexibility index (Phi) is 2.36. The third-order valence-corrected chi connectivity index (χ3v) is 1.61. The number of nitrogens with zero attached hydrogens (tertiary/aromatic N) is 1. The van der Waals surface area contributed by atoms with Crippen LogP contribution in [-0.2, 0) is 0 Å². The minimum absolute atomic E-state index is 0.0414. The van der Waals surface area contributed by atoms with Crippen molar-refractivity contribution < 1.29 is 4.39 Å². The van der Waals surface area contributed by atoms with E-state index in [1.807, 2.05) is 0 Å². The zero-order chi connectivity index (χ0) is 9.14. The molecule has 0 unspecified atom stereocenters. The summed E-state index contributed by atoms with van der Waals surface area (Å²) in [5.41, 5.74) is 5.75. The first-order valence-electron chi connectivity index (χ1n) is 3.14. The zero-order valence-corrected chi connectivity index (χ0v) is 6.86. The summed E-state index contributed by atoms with van der Waals surface area (Å²) in [7, 11) is 0. The molecule has 0 aliphatic carbocycles. The van der Waals surface area contributed by atoms with Gasteiger partial charge in [-0.05, 0) is 18.2 Å². The minimum Gasteiger partial charge on any atom is -0.389 e. The lowest BCUT2D eigenvalue weighted by molar-refractivity contribution is 0.624. The van der Waals surface area contributed by atoms with E-state index in [0.717, 1.165) is 0 Å². The SMILES string of the molecule is N#Cc1cc(C(N)=S)ccc1F. The average molecular weight is 180 g/mol. The van der Waals surface area contributed by atoms with E-state index < -0.39 is 5.82 Å². The van der Waals surface area contributed by atoms with E-state index in [1.54, 1.807) is 6.07 Å². The maximum Gasteiger partial charge on any atom is 0.140 e. The van der Waals surface area contributed by atoms with Crippen LogP contribution in [0.4, 0.5) is 4.39 Å². The van der Waals surface area contributed by atoms with Crippen LogP contribution in [0.2, 0.25) is 0 Å². The minimum atomic E-state index is -0.558. The highest BCUT2D eigenvalue weighted by Gasteiger charge is 2.03. The summed E-state index contributed by atoms with van der Waals surface area (Å²) in [6, 6.07) is 5.65. The van der Waals surface area contributed by atoms with E-state index in [2.05, 4.69) is 12.2 Å². The highest BCUT2D eigenvalue weighted by Crippen LogP contribution is 2.08. The molecule has 4 heteroatoms.